The molecule has 0 saturated carbocycles. The topological polar surface area (TPSA) is 82.3 Å². The highest BCUT2D eigenvalue weighted by Gasteiger charge is 2.25. The van der Waals surface area contributed by atoms with Crippen molar-refractivity contribution in [2.75, 3.05) is 6.54 Å². The van der Waals surface area contributed by atoms with Crippen molar-refractivity contribution < 1.29 is 14.1 Å². The molecule has 0 aliphatic carbocycles. The standard InChI is InChI=1S/C13H12N2O4/c16-14(9-12-7-4-8-19-12)13(10-15(17)18)11-5-2-1-3-6-11/h1-9,13H,10H2/b14-9+. The zero-order valence-corrected chi connectivity index (χ0v) is 10.0. The van der Waals surface area contributed by atoms with Gasteiger partial charge in [-0.05, 0) is 12.1 Å². The van der Waals surface area contributed by atoms with Crippen LogP contribution in [-0.2, 0) is 0 Å². The number of hydroxylamine groups is 1. The lowest BCUT2D eigenvalue weighted by atomic mass is 10.1. The van der Waals surface area contributed by atoms with Crippen LogP contribution in [0, 0.1) is 15.3 Å². The fourth-order valence-electron chi connectivity index (χ4n) is 1.73. The predicted octanol–water partition coefficient (Wildman–Crippen LogP) is 2.23. The van der Waals surface area contributed by atoms with Gasteiger partial charge in [0.2, 0.25) is 6.21 Å². The summed E-state index contributed by atoms with van der Waals surface area (Å²) in [5.74, 6) is 0.360. The van der Waals surface area contributed by atoms with Crippen molar-refractivity contribution in [1.82, 2.24) is 0 Å². The number of nitro groups is 1. The van der Waals surface area contributed by atoms with Gasteiger partial charge in [-0.3, -0.25) is 10.1 Å². The summed E-state index contributed by atoms with van der Waals surface area (Å²) in [4.78, 5) is 10.2. The Morgan fingerprint density at radius 1 is 1.16 bits per heavy atom. The molecule has 1 aromatic heterocycles. The molecule has 0 bridgehead atoms. The Morgan fingerprint density at radius 2 is 1.89 bits per heavy atom. The van der Waals surface area contributed by atoms with Crippen LogP contribution in [-0.4, -0.2) is 22.4 Å². The maximum Gasteiger partial charge on any atom is 0.269 e. The van der Waals surface area contributed by atoms with Gasteiger partial charge in [-0.25, -0.2) is 0 Å². The van der Waals surface area contributed by atoms with Crippen LogP contribution in [0.15, 0.2) is 53.1 Å². The Labute approximate surface area is 109 Å². The smallest absolute Gasteiger partial charge is 0.269 e. The van der Waals surface area contributed by atoms with Gasteiger partial charge in [-0.2, -0.15) is 4.74 Å². The highest BCUT2D eigenvalue weighted by molar-refractivity contribution is 5.71. The second-order valence-corrected chi connectivity index (χ2v) is 3.95. The Hall–Kier alpha value is -2.63. The van der Waals surface area contributed by atoms with Crippen LogP contribution in [0.2, 0.25) is 0 Å². The molecule has 1 unspecified atom stereocenters. The molecule has 19 heavy (non-hydrogen) atoms. The van der Waals surface area contributed by atoms with E-state index in [1.807, 2.05) is 0 Å². The minimum absolute atomic E-state index is 0.360. The van der Waals surface area contributed by atoms with Crippen LogP contribution in [0.5, 0.6) is 0 Å². The van der Waals surface area contributed by atoms with Crippen LogP contribution in [0.3, 0.4) is 0 Å². The molecule has 0 amide bonds. The fraction of sp³-hybridized carbons (Fsp3) is 0.154. The van der Waals surface area contributed by atoms with Crippen LogP contribution in [0.25, 0.3) is 0 Å². The molecule has 0 fully saturated rings. The first-order valence-electron chi connectivity index (χ1n) is 5.67. The van der Waals surface area contributed by atoms with Crippen LogP contribution >= 0.6 is 0 Å². The molecule has 2 aromatic rings. The average Bonchev–Trinajstić information content (AvgIpc) is 2.89. The molecule has 0 saturated heterocycles. The number of benzene rings is 1. The lowest BCUT2D eigenvalue weighted by Gasteiger charge is -2.13. The molecule has 1 atom stereocenters. The summed E-state index contributed by atoms with van der Waals surface area (Å²) >= 11 is 0. The van der Waals surface area contributed by atoms with Gasteiger partial charge in [0, 0.05) is 10.5 Å². The van der Waals surface area contributed by atoms with E-state index >= 15 is 0 Å². The summed E-state index contributed by atoms with van der Waals surface area (Å²) in [5.41, 5.74) is 0.594. The molecule has 0 aliphatic rings. The Morgan fingerprint density at radius 3 is 2.47 bits per heavy atom. The third kappa shape index (κ3) is 3.41. The number of rotatable bonds is 5. The van der Waals surface area contributed by atoms with E-state index < -0.39 is 17.5 Å². The third-order valence-corrected chi connectivity index (χ3v) is 2.61. The summed E-state index contributed by atoms with van der Waals surface area (Å²) in [6.45, 7) is -0.468. The van der Waals surface area contributed by atoms with Gasteiger partial charge >= 0.3 is 0 Å². The number of nitrogens with zero attached hydrogens (tertiary/aromatic N) is 2. The average molecular weight is 260 g/mol. The fourth-order valence-corrected chi connectivity index (χ4v) is 1.73. The molecule has 6 heteroatoms. The highest BCUT2D eigenvalue weighted by atomic mass is 16.6. The molecule has 0 N–H and O–H groups in total. The molecule has 0 radical (unpaired) electrons. The largest absolute Gasteiger partial charge is 0.623 e. The molecule has 2 rings (SSSR count). The zero-order chi connectivity index (χ0) is 13.7. The Kier molecular flexibility index (Phi) is 3.92. The number of furan rings is 1. The minimum atomic E-state index is -0.874. The third-order valence-electron chi connectivity index (χ3n) is 2.61. The van der Waals surface area contributed by atoms with Crippen molar-refractivity contribution in [2.45, 2.75) is 6.04 Å². The second kappa shape index (κ2) is 5.81. The van der Waals surface area contributed by atoms with Gasteiger partial charge in [0.1, 0.15) is 0 Å². The number of hydrogen-bond donors (Lipinski definition) is 0. The first kappa shape index (κ1) is 12.8. The van der Waals surface area contributed by atoms with E-state index in [9.17, 15) is 15.3 Å². The maximum atomic E-state index is 12.0. The Balaban J connectivity index is 2.30. The van der Waals surface area contributed by atoms with Crippen molar-refractivity contribution in [3.63, 3.8) is 0 Å². The Bertz CT molecular complexity index is 564. The summed E-state index contributed by atoms with van der Waals surface area (Å²) in [6, 6.07) is 11.0. The molecule has 98 valence electrons. The van der Waals surface area contributed by atoms with Gasteiger partial charge in [-0.15, -0.1) is 0 Å². The van der Waals surface area contributed by atoms with Crippen LogP contribution in [0.1, 0.15) is 17.4 Å². The second-order valence-electron chi connectivity index (χ2n) is 3.95. The van der Waals surface area contributed by atoms with Crippen LogP contribution < -0.4 is 0 Å². The number of hydrogen-bond acceptors (Lipinski definition) is 4. The van der Waals surface area contributed by atoms with E-state index in [2.05, 4.69) is 0 Å². The molecular weight excluding hydrogens is 248 g/mol. The first-order chi connectivity index (χ1) is 9.16. The van der Waals surface area contributed by atoms with Gasteiger partial charge < -0.3 is 9.62 Å². The monoisotopic (exact) mass is 260 g/mol. The predicted molar refractivity (Wildman–Crippen MR) is 68.5 cm³/mol. The van der Waals surface area contributed by atoms with E-state index in [0.717, 1.165) is 0 Å². The van der Waals surface area contributed by atoms with Crippen molar-refractivity contribution in [3.05, 3.63) is 75.4 Å². The van der Waals surface area contributed by atoms with E-state index in [0.29, 0.717) is 16.1 Å². The lowest BCUT2D eigenvalue weighted by Crippen LogP contribution is -2.22. The first-order valence-corrected chi connectivity index (χ1v) is 5.67. The van der Waals surface area contributed by atoms with E-state index in [4.69, 9.17) is 4.42 Å². The lowest BCUT2D eigenvalue weighted by molar-refractivity contribution is -0.579. The quantitative estimate of drug-likeness (QED) is 0.271. The van der Waals surface area contributed by atoms with Gasteiger partial charge in [0.15, 0.2) is 5.76 Å². The van der Waals surface area contributed by atoms with Gasteiger partial charge in [0.05, 0.1) is 6.26 Å². The minimum Gasteiger partial charge on any atom is -0.623 e. The van der Waals surface area contributed by atoms with Crippen molar-refractivity contribution in [3.8, 4) is 0 Å². The van der Waals surface area contributed by atoms with Crippen molar-refractivity contribution in [1.29, 1.82) is 0 Å². The van der Waals surface area contributed by atoms with Crippen molar-refractivity contribution in [2.24, 2.45) is 0 Å². The van der Waals surface area contributed by atoms with Crippen molar-refractivity contribution >= 4 is 6.21 Å². The van der Waals surface area contributed by atoms with E-state index in [-0.39, 0.29) is 0 Å². The molecule has 0 spiro atoms. The summed E-state index contributed by atoms with van der Waals surface area (Å²) in [5, 5.41) is 22.7. The zero-order valence-electron chi connectivity index (χ0n) is 10.0. The van der Waals surface area contributed by atoms with E-state index in [1.54, 1.807) is 42.5 Å². The molecule has 1 heterocycles. The van der Waals surface area contributed by atoms with E-state index in [1.165, 1.54) is 12.5 Å². The van der Waals surface area contributed by atoms with Gasteiger partial charge in [-0.1, -0.05) is 30.3 Å². The molecule has 1 aromatic carbocycles. The normalized spacial score (nSPS) is 13.2. The molecule has 6 nitrogen and oxygen atoms in total. The molecule has 0 aliphatic heterocycles. The maximum absolute atomic E-state index is 12.0. The molecular formula is C13H12N2O4. The summed E-state index contributed by atoms with van der Waals surface area (Å²) in [7, 11) is 0. The SMILES string of the molecule is O=[N+]([O-])CC(c1ccccc1)/[N+]([O-])=C\c1ccco1. The van der Waals surface area contributed by atoms with Crippen LogP contribution in [0.4, 0.5) is 0 Å². The summed E-state index contributed by atoms with van der Waals surface area (Å²) < 4.78 is 5.58. The summed E-state index contributed by atoms with van der Waals surface area (Å²) in [6.07, 6.45) is 2.64. The van der Waals surface area contributed by atoms with Gasteiger partial charge in [0.25, 0.3) is 12.6 Å². The highest BCUT2D eigenvalue weighted by Crippen LogP contribution is 2.16.